The molecule has 1 nitrogen and oxygen atoms in total. The van der Waals surface area contributed by atoms with Crippen molar-refractivity contribution in [2.75, 3.05) is 0 Å². The monoisotopic (exact) mass is 426 g/mol. The van der Waals surface area contributed by atoms with E-state index in [1.54, 1.807) is 24.3 Å². The van der Waals surface area contributed by atoms with Crippen LogP contribution in [-0.4, -0.2) is 5.78 Å². The summed E-state index contributed by atoms with van der Waals surface area (Å²) in [5.74, 6) is -0.0545. The normalized spacial score (nSPS) is 10.8. The maximum absolute atomic E-state index is 12.7. The second kappa shape index (κ2) is 5.95. The molecular formula is C17H9Cl2IO. The Bertz CT molecular complexity index is 859. The first kappa shape index (κ1) is 14.8. The maximum Gasteiger partial charge on any atom is 0.193 e. The molecule has 0 spiro atoms. The van der Waals surface area contributed by atoms with E-state index in [1.807, 2.05) is 30.3 Å². The average Bonchev–Trinajstić information content (AvgIpc) is 2.50. The molecule has 104 valence electrons. The Morgan fingerprint density at radius 1 is 0.857 bits per heavy atom. The molecule has 0 heterocycles. The molecule has 0 aliphatic carbocycles. The van der Waals surface area contributed by atoms with Crippen LogP contribution < -0.4 is 0 Å². The second-order valence-corrected chi connectivity index (χ2v) is 6.58. The van der Waals surface area contributed by atoms with E-state index < -0.39 is 0 Å². The van der Waals surface area contributed by atoms with Crippen LogP contribution in [0.2, 0.25) is 10.0 Å². The van der Waals surface area contributed by atoms with Crippen LogP contribution >= 0.6 is 45.8 Å². The van der Waals surface area contributed by atoms with Gasteiger partial charge >= 0.3 is 0 Å². The summed E-state index contributed by atoms with van der Waals surface area (Å²) in [5.41, 5.74) is 1.21. The van der Waals surface area contributed by atoms with E-state index in [1.165, 1.54) is 0 Å². The van der Waals surface area contributed by atoms with Crippen LogP contribution in [0.4, 0.5) is 0 Å². The fraction of sp³-hybridized carbons (Fsp3) is 0. The summed E-state index contributed by atoms with van der Waals surface area (Å²) < 4.78 is 0.923. The van der Waals surface area contributed by atoms with Crippen molar-refractivity contribution in [3.63, 3.8) is 0 Å². The highest BCUT2D eigenvalue weighted by Crippen LogP contribution is 2.29. The van der Waals surface area contributed by atoms with Gasteiger partial charge in [-0.05, 0) is 58.3 Å². The Morgan fingerprint density at radius 2 is 1.57 bits per heavy atom. The molecule has 4 heteroatoms. The zero-order valence-electron chi connectivity index (χ0n) is 10.7. The van der Waals surface area contributed by atoms with E-state index in [0.717, 1.165) is 14.3 Å². The van der Waals surface area contributed by atoms with Gasteiger partial charge in [0.2, 0.25) is 0 Å². The van der Waals surface area contributed by atoms with E-state index in [9.17, 15) is 4.79 Å². The van der Waals surface area contributed by atoms with Gasteiger partial charge in [-0.2, -0.15) is 0 Å². The van der Waals surface area contributed by atoms with E-state index in [4.69, 9.17) is 23.2 Å². The molecule has 0 aliphatic heterocycles. The van der Waals surface area contributed by atoms with E-state index in [-0.39, 0.29) is 5.78 Å². The van der Waals surface area contributed by atoms with Crippen molar-refractivity contribution in [1.29, 1.82) is 0 Å². The number of ketones is 1. The predicted octanol–water partition coefficient (Wildman–Crippen LogP) is 5.98. The van der Waals surface area contributed by atoms with E-state index in [2.05, 4.69) is 22.6 Å². The topological polar surface area (TPSA) is 17.1 Å². The highest BCUT2D eigenvalue weighted by atomic mass is 127. The molecule has 3 rings (SSSR count). The van der Waals surface area contributed by atoms with Crippen molar-refractivity contribution in [1.82, 2.24) is 0 Å². The molecule has 0 radical (unpaired) electrons. The maximum atomic E-state index is 12.7. The van der Waals surface area contributed by atoms with Crippen LogP contribution in [0.25, 0.3) is 10.8 Å². The fourth-order valence-corrected chi connectivity index (χ4v) is 3.00. The first-order valence-electron chi connectivity index (χ1n) is 6.25. The predicted molar refractivity (Wildman–Crippen MR) is 96.6 cm³/mol. The van der Waals surface area contributed by atoms with Crippen molar-refractivity contribution >= 4 is 62.3 Å². The van der Waals surface area contributed by atoms with Crippen molar-refractivity contribution in [3.05, 3.63) is 79.3 Å². The Kier molecular flexibility index (Phi) is 4.20. The van der Waals surface area contributed by atoms with Crippen molar-refractivity contribution < 1.29 is 4.79 Å². The molecule has 0 aliphatic rings. The van der Waals surface area contributed by atoms with Crippen molar-refractivity contribution in [3.8, 4) is 0 Å². The number of carbonyl (C=O) groups excluding carboxylic acids is 1. The van der Waals surface area contributed by atoms with Crippen molar-refractivity contribution in [2.45, 2.75) is 0 Å². The summed E-state index contributed by atoms with van der Waals surface area (Å²) in [6.45, 7) is 0. The molecule has 0 bridgehead atoms. The Labute approximate surface area is 146 Å². The SMILES string of the molecule is O=C(c1ccc(I)c(Cl)c1)c1ccc(Cl)c2ccccc12. The Morgan fingerprint density at radius 3 is 2.29 bits per heavy atom. The number of rotatable bonds is 2. The zero-order chi connectivity index (χ0) is 15.0. The molecule has 0 saturated heterocycles. The summed E-state index contributed by atoms with van der Waals surface area (Å²) in [7, 11) is 0. The van der Waals surface area contributed by atoms with Gasteiger partial charge in [0.15, 0.2) is 5.78 Å². The van der Waals surface area contributed by atoms with Crippen LogP contribution in [0, 0.1) is 3.57 Å². The van der Waals surface area contributed by atoms with Crippen LogP contribution in [0.15, 0.2) is 54.6 Å². The molecule has 0 unspecified atom stereocenters. The lowest BCUT2D eigenvalue weighted by Gasteiger charge is -2.08. The molecule has 0 fully saturated rings. The first-order valence-corrected chi connectivity index (χ1v) is 8.08. The standard InChI is InChI=1S/C17H9Cl2IO/c18-14-7-6-13(11-3-1-2-4-12(11)14)17(21)10-5-8-16(20)15(19)9-10/h1-9H. The third-order valence-electron chi connectivity index (χ3n) is 3.30. The van der Waals surface area contributed by atoms with Crippen molar-refractivity contribution in [2.24, 2.45) is 0 Å². The van der Waals surface area contributed by atoms with Gasteiger partial charge in [0.1, 0.15) is 0 Å². The van der Waals surface area contributed by atoms with Gasteiger partial charge in [-0.3, -0.25) is 4.79 Å². The molecular weight excluding hydrogens is 418 g/mol. The average molecular weight is 427 g/mol. The lowest BCUT2D eigenvalue weighted by Crippen LogP contribution is -2.02. The number of fused-ring (bicyclic) bond motifs is 1. The van der Waals surface area contributed by atoms with Crippen LogP contribution in [0.1, 0.15) is 15.9 Å². The van der Waals surface area contributed by atoms with E-state index >= 15 is 0 Å². The Balaban J connectivity index is 2.18. The summed E-state index contributed by atoms with van der Waals surface area (Å²) in [6.07, 6.45) is 0. The summed E-state index contributed by atoms with van der Waals surface area (Å²) in [5, 5.41) is 2.95. The number of hydrogen-bond donors (Lipinski definition) is 0. The number of benzene rings is 3. The summed E-state index contributed by atoms with van der Waals surface area (Å²) >= 11 is 14.4. The lowest BCUT2D eigenvalue weighted by atomic mass is 9.97. The van der Waals surface area contributed by atoms with Gasteiger partial charge in [-0.1, -0.05) is 47.5 Å². The number of carbonyl (C=O) groups is 1. The molecule has 0 aromatic heterocycles. The molecule has 3 aromatic rings. The number of halogens is 3. The molecule has 0 amide bonds. The summed E-state index contributed by atoms with van der Waals surface area (Å²) in [4.78, 5) is 12.7. The van der Waals surface area contributed by atoms with Crippen LogP contribution in [-0.2, 0) is 0 Å². The Hall–Kier alpha value is -1.10. The fourth-order valence-electron chi connectivity index (χ4n) is 2.25. The van der Waals surface area contributed by atoms with Gasteiger partial charge in [-0.25, -0.2) is 0 Å². The molecule has 0 N–H and O–H groups in total. The largest absolute Gasteiger partial charge is 0.289 e. The zero-order valence-corrected chi connectivity index (χ0v) is 14.4. The second-order valence-electron chi connectivity index (χ2n) is 4.60. The first-order chi connectivity index (χ1) is 10.1. The number of hydrogen-bond acceptors (Lipinski definition) is 1. The van der Waals surface area contributed by atoms with Gasteiger partial charge in [0.05, 0.1) is 5.02 Å². The lowest BCUT2D eigenvalue weighted by molar-refractivity contribution is 0.104. The minimum atomic E-state index is -0.0545. The summed E-state index contributed by atoms with van der Waals surface area (Å²) in [6, 6.07) is 16.5. The van der Waals surface area contributed by atoms with Gasteiger partial charge in [0.25, 0.3) is 0 Å². The van der Waals surface area contributed by atoms with Gasteiger partial charge in [0, 0.05) is 25.1 Å². The molecule has 0 saturated carbocycles. The molecule has 21 heavy (non-hydrogen) atoms. The quantitative estimate of drug-likeness (QED) is 0.363. The van der Waals surface area contributed by atoms with Crippen LogP contribution in [0.3, 0.4) is 0 Å². The minimum absolute atomic E-state index is 0.0545. The van der Waals surface area contributed by atoms with Crippen LogP contribution in [0.5, 0.6) is 0 Å². The van der Waals surface area contributed by atoms with Gasteiger partial charge in [-0.15, -0.1) is 0 Å². The third kappa shape index (κ3) is 2.80. The molecule has 3 aromatic carbocycles. The molecule has 0 atom stereocenters. The van der Waals surface area contributed by atoms with Gasteiger partial charge < -0.3 is 0 Å². The minimum Gasteiger partial charge on any atom is -0.289 e. The highest BCUT2D eigenvalue weighted by Gasteiger charge is 2.14. The smallest absolute Gasteiger partial charge is 0.193 e. The van der Waals surface area contributed by atoms with E-state index in [0.29, 0.717) is 21.2 Å². The highest BCUT2D eigenvalue weighted by molar-refractivity contribution is 14.1. The third-order valence-corrected chi connectivity index (χ3v) is 5.20.